The summed E-state index contributed by atoms with van der Waals surface area (Å²) in [5.74, 6) is -0.535. The fraction of sp³-hybridized carbons (Fsp3) is 0.778. The van der Waals surface area contributed by atoms with Crippen LogP contribution in [-0.4, -0.2) is 74.3 Å². The maximum atomic E-state index is 13.6. The van der Waals surface area contributed by atoms with Crippen LogP contribution in [0.1, 0.15) is 310 Å². The third kappa shape index (κ3) is 61.7. The SMILES string of the molecule is CC/C=C/C/C=C/C/C=C/C/C=C/CCCCCC(=O)NC(COP(=O)(O)OCC[N+](C)(C)C)C(/C=C\CCCCCCCCCCCCC)OC(=O)CCCCCCCCCCCCCCCCCCC/C=C\C/C=C\CCCCC. The predicted molar refractivity (Wildman–Crippen MR) is 355 cm³/mol. The van der Waals surface area contributed by atoms with Crippen LogP contribution in [0.2, 0.25) is 0 Å². The number of hydrogen-bond acceptors (Lipinski definition) is 6. The van der Waals surface area contributed by atoms with Gasteiger partial charge in [0, 0.05) is 12.8 Å². The van der Waals surface area contributed by atoms with Crippen LogP contribution < -0.4 is 5.32 Å². The van der Waals surface area contributed by atoms with Crippen LogP contribution in [-0.2, 0) is 27.9 Å². The molecule has 0 aromatic rings. The molecule has 9 nitrogen and oxygen atoms in total. The molecule has 476 valence electrons. The molecule has 82 heavy (non-hydrogen) atoms. The molecular formula is C72H132N2O7P+. The van der Waals surface area contributed by atoms with Crippen molar-refractivity contribution < 1.29 is 37.3 Å². The lowest BCUT2D eigenvalue weighted by atomic mass is 10.0. The van der Waals surface area contributed by atoms with Crippen LogP contribution in [0.25, 0.3) is 0 Å². The van der Waals surface area contributed by atoms with Crippen molar-refractivity contribution in [2.45, 2.75) is 322 Å². The van der Waals surface area contributed by atoms with Crippen LogP contribution in [0.3, 0.4) is 0 Å². The van der Waals surface area contributed by atoms with Crippen molar-refractivity contribution in [1.82, 2.24) is 5.32 Å². The summed E-state index contributed by atoms with van der Waals surface area (Å²) < 4.78 is 30.8. The molecule has 0 fully saturated rings. The molecular weight excluding hydrogens is 1040 g/mol. The molecule has 0 aromatic carbocycles. The number of nitrogens with zero attached hydrogens (tertiary/aromatic N) is 1. The quantitative estimate of drug-likeness (QED) is 0.0205. The molecule has 0 aromatic heterocycles. The first-order chi connectivity index (χ1) is 39.9. The Hall–Kier alpha value is -2.81. The molecule has 0 aliphatic rings. The van der Waals surface area contributed by atoms with Crippen molar-refractivity contribution in [3.05, 3.63) is 85.1 Å². The average molecular weight is 1170 g/mol. The molecule has 0 bridgehead atoms. The molecule has 0 saturated carbocycles. The van der Waals surface area contributed by atoms with Gasteiger partial charge in [-0.25, -0.2) is 4.57 Å². The van der Waals surface area contributed by atoms with Gasteiger partial charge in [-0.1, -0.05) is 280 Å². The topological polar surface area (TPSA) is 111 Å². The Balaban J connectivity index is 5.08. The van der Waals surface area contributed by atoms with Crippen molar-refractivity contribution in [3.8, 4) is 0 Å². The molecule has 0 saturated heterocycles. The maximum absolute atomic E-state index is 13.6. The van der Waals surface area contributed by atoms with Crippen LogP contribution in [0, 0.1) is 0 Å². The Morgan fingerprint density at radius 2 is 0.780 bits per heavy atom. The van der Waals surface area contributed by atoms with Crippen molar-refractivity contribution in [1.29, 1.82) is 0 Å². The van der Waals surface area contributed by atoms with Gasteiger partial charge in [-0.3, -0.25) is 18.6 Å². The van der Waals surface area contributed by atoms with Gasteiger partial charge in [-0.2, -0.15) is 0 Å². The molecule has 0 aliphatic carbocycles. The normalized spacial score (nSPS) is 14.1. The summed E-state index contributed by atoms with van der Waals surface area (Å²) in [6.07, 6.45) is 81.7. The smallest absolute Gasteiger partial charge is 0.456 e. The number of ether oxygens (including phenoxy) is 1. The van der Waals surface area contributed by atoms with E-state index in [9.17, 15) is 19.0 Å². The highest BCUT2D eigenvalue weighted by molar-refractivity contribution is 7.47. The van der Waals surface area contributed by atoms with Crippen LogP contribution in [0.15, 0.2) is 85.1 Å². The number of likely N-dealkylation sites (N-methyl/N-ethyl adjacent to an activating group) is 1. The third-order valence-corrected chi connectivity index (χ3v) is 16.1. The number of allylic oxidation sites excluding steroid dienone is 13. The molecule has 10 heteroatoms. The largest absolute Gasteiger partial charge is 0.472 e. The lowest BCUT2D eigenvalue weighted by molar-refractivity contribution is -0.870. The van der Waals surface area contributed by atoms with Gasteiger partial charge in [-0.05, 0) is 102 Å². The Kier molecular flexibility index (Phi) is 59.2. The van der Waals surface area contributed by atoms with Gasteiger partial charge in [0.2, 0.25) is 5.91 Å². The minimum absolute atomic E-state index is 0.0318. The Bertz CT molecular complexity index is 1680. The van der Waals surface area contributed by atoms with E-state index < -0.39 is 20.0 Å². The summed E-state index contributed by atoms with van der Waals surface area (Å²) in [5, 5.41) is 3.05. The Morgan fingerprint density at radius 3 is 1.21 bits per heavy atom. The van der Waals surface area contributed by atoms with Gasteiger partial charge in [0.15, 0.2) is 0 Å². The minimum atomic E-state index is -4.46. The van der Waals surface area contributed by atoms with Crippen molar-refractivity contribution in [2.24, 2.45) is 0 Å². The number of carbonyl (C=O) groups is 2. The first kappa shape index (κ1) is 79.2. The standard InChI is InChI=1S/C72H131N2O7P/c1-7-10-13-16-19-22-25-28-30-32-33-34-35-36-37-38-39-40-41-42-44-47-50-53-56-59-62-65-72(76)81-70(63-60-57-54-51-48-45-27-24-21-18-15-12-9-3)69(68-80-82(77,78)79-67-66-74(4,5)6)73-71(75)64-61-58-55-52-49-46-43-31-29-26-23-20-17-14-11-8-2/h11,14,19-20,22-23,28-31,46,49,60,63,69-70H,7-10,12-13,15-18,21,24-27,32-45,47-48,50-59,61-62,64-68H2,1-6H3,(H-,73,75,77,78)/p+1/b14-11+,22-19-,23-20+,30-28-,31-29+,49-46+,63-60-. The third-order valence-electron chi connectivity index (χ3n) is 15.1. The zero-order valence-electron chi connectivity index (χ0n) is 54.5. The maximum Gasteiger partial charge on any atom is 0.472 e. The number of phosphoric acid groups is 1. The summed E-state index contributed by atoms with van der Waals surface area (Å²) in [5.41, 5.74) is 0. The number of hydrogen-bond donors (Lipinski definition) is 2. The van der Waals surface area contributed by atoms with Crippen LogP contribution in [0.4, 0.5) is 0 Å². The number of phosphoric ester groups is 1. The predicted octanol–water partition coefficient (Wildman–Crippen LogP) is 21.7. The summed E-state index contributed by atoms with van der Waals surface area (Å²) in [6, 6.07) is -0.868. The zero-order valence-corrected chi connectivity index (χ0v) is 55.4. The second-order valence-electron chi connectivity index (χ2n) is 24.3. The highest BCUT2D eigenvalue weighted by Gasteiger charge is 2.30. The van der Waals surface area contributed by atoms with E-state index in [2.05, 4.69) is 99.0 Å². The van der Waals surface area contributed by atoms with Gasteiger partial charge >= 0.3 is 13.8 Å². The number of quaternary nitrogens is 1. The van der Waals surface area contributed by atoms with E-state index in [0.29, 0.717) is 23.9 Å². The van der Waals surface area contributed by atoms with Crippen LogP contribution >= 0.6 is 7.82 Å². The zero-order chi connectivity index (χ0) is 60.0. The van der Waals surface area contributed by atoms with Gasteiger partial charge in [-0.15, -0.1) is 0 Å². The molecule has 0 radical (unpaired) electrons. The fourth-order valence-electron chi connectivity index (χ4n) is 9.79. The lowest BCUT2D eigenvalue weighted by Crippen LogP contribution is -2.47. The van der Waals surface area contributed by atoms with E-state index >= 15 is 0 Å². The number of esters is 1. The molecule has 0 spiro atoms. The molecule has 0 aliphatic heterocycles. The average Bonchev–Trinajstić information content (AvgIpc) is 3.45. The summed E-state index contributed by atoms with van der Waals surface area (Å²) in [7, 11) is 1.47. The minimum Gasteiger partial charge on any atom is -0.456 e. The number of rotatable bonds is 62. The first-order valence-electron chi connectivity index (χ1n) is 34.4. The Morgan fingerprint density at radius 1 is 0.439 bits per heavy atom. The molecule has 3 atom stereocenters. The van der Waals surface area contributed by atoms with E-state index in [-0.39, 0.29) is 31.5 Å². The molecule has 1 amide bonds. The van der Waals surface area contributed by atoms with Gasteiger partial charge in [0.05, 0.1) is 33.8 Å². The molecule has 0 rings (SSSR count). The van der Waals surface area contributed by atoms with Crippen molar-refractivity contribution >= 4 is 19.7 Å². The summed E-state index contributed by atoms with van der Waals surface area (Å²) in [6.45, 7) is 6.87. The number of carbonyl (C=O) groups excluding carboxylic acids is 2. The first-order valence-corrected chi connectivity index (χ1v) is 35.9. The Labute approximate surface area is 507 Å². The number of nitrogens with one attached hydrogen (secondary N) is 1. The fourth-order valence-corrected chi connectivity index (χ4v) is 10.5. The van der Waals surface area contributed by atoms with Crippen LogP contribution in [0.5, 0.6) is 0 Å². The monoisotopic (exact) mass is 1170 g/mol. The van der Waals surface area contributed by atoms with Crippen molar-refractivity contribution in [2.75, 3.05) is 40.9 Å². The van der Waals surface area contributed by atoms with Gasteiger partial charge in [0.1, 0.15) is 19.3 Å². The van der Waals surface area contributed by atoms with Gasteiger partial charge < -0.3 is 19.4 Å². The van der Waals surface area contributed by atoms with E-state index in [1.165, 1.54) is 180 Å². The highest BCUT2D eigenvalue weighted by Crippen LogP contribution is 2.43. The van der Waals surface area contributed by atoms with E-state index in [0.717, 1.165) is 89.9 Å². The molecule has 3 unspecified atom stereocenters. The molecule has 2 N–H and O–H groups in total. The summed E-state index contributed by atoms with van der Waals surface area (Å²) in [4.78, 5) is 37.8. The van der Waals surface area contributed by atoms with Gasteiger partial charge in [0.25, 0.3) is 0 Å². The van der Waals surface area contributed by atoms with E-state index in [1.807, 2.05) is 33.3 Å². The lowest BCUT2D eigenvalue weighted by Gasteiger charge is -2.27. The summed E-state index contributed by atoms with van der Waals surface area (Å²) >= 11 is 0. The van der Waals surface area contributed by atoms with E-state index in [4.69, 9.17) is 13.8 Å². The second-order valence-corrected chi connectivity index (χ2v) is 25.8. The van der Waals surface area contributed by atoms with E-state index in [1.54, 1.807) is 0 Å². The highest BCUT2D eigenvalue weighted by atomic mass is 31.2. The second kappa shape index (κ2) is 61.3. The number of amides is 1. The molecule has 0 heterocycles. The van der Waals surface area contributed by atoms with Crippen molar-refractivity contribution in [3.63, 3.8) is 0 Å². The number of unbranched alkanes of at least 4 members (excludes halogenated alkanes) is 34.